The number of amides is 1. The Labute approximate surface area is 120 Å². The Kier molecular flexibility index (Phi) is 3.13. The Balaban J connectivity index is 1.77. The molecule has 0 aliphatic heterocycles. The first-order chi connectivity index (χ1) is 9.39. The lowest BCUT2D eigenvalue weighted by Gasteiger charge is -2.25. The number of nitrogens with one attached hydrogen (secondary N) is 1. The summed E-state index contributed by atoms with van der Waals surface area (Å²) in [6, 6.07) is 8.77. The van der Waals surface area contributed by atoms with Crippen molar-refractivity contribution in [2.75, 3.05) is 0 Å². The van der Waals surface area contributed by atoms with Crippen molar-refractivity contribution in [1.82, 2.24) is 5.32 Å². The van der Waals surface area contributed by atoms with Crippen molar-refractivity contribution in [2.24, 2.45) is 5.73 Å². The topological polar surface area (TPSA) is 55.1 Å². The molecule has 2 aliphatic rings. The number of carbonyl (C=O) groups excluding carboxylic acids is 1. The minimum absolute atomic E-state index is 0.0129. The van der Waals surface area contributed by atoms with Crippen molar-refractivity contribution in [3.63, 3.8) is 0 Å². The van der Waals surface area contributed by atoms with Gasteiger partial charge in [0.05, 0.1) is 5.41 Å². The second-order valence-corrected chi connectivity index (χ2v) is 7.11. The molecule has 1 amide bonds. The summed E-state index contributed by atoms with van der Waals surface area (Å²) in [4.78, 5) is 12.4. The molecule has 2 saturated carbocycles. The zero-order valence-corrected chi connectivity index (χ0v) is 12.4. The van der Waals surface area contributed by atoms with Crippen LogP contribution in [0, 0.1) is 0 Å². The molecule has 0 bridgehead atoms. The molecule has 0 spiro atoms. The maximum absolute atomic E-state index is 12.4. The van der Waals surface area contributed by atoms with Crippen LogP contribution >= 0.6 is 0 Å². The van der Waals surface area contributed by atoms with E-state index in [2.05, 4.69) is 17.4 Å². The number of hydrogen-bond donors (Lipinski definition) is 2. The summed E-state index contributed by atoms with van der Waals surface area (Å²) in [6.45, 7) is 4.00. The first kappa shape index (κ1) is 13.6. The van der Waals surface area contributed by atoms with Crippen LogP contribution in [-0.4, -0.2) is 17.5 Å². The number of rotatable bonds is 5. The van der Waals surface area contributed by atoms with E-state index >= 15 is 0 Å². The predicted molar refractivity (Wildman–Crippen MR) is 80.5 cm³/mol. The number of carbonyl (C=O) groups is 1. The summed E-state index contributed by atoms with van der Waals surface area (Å²) in [6.07, 6.45) is 5.39. The van der Waals surface area contributed by atoms with Gasteiger partial charge in [0.1, 0.15) is 0 Å². The Morgan fingerprint density at radius 1 is 1.40 bits per heavy atom. The average Bonchev–Trinajstić information content (AvgIpc) is 3.30. The normalized spacial score (nSPS) is 20.6. The molecule has 1 aromatic carbocycles. The van der Waals surface area contributed by atoms with Gasteiger partial charge in [0.15, 0.2) is 0 Å². The fourth-order valence-corrected chi connectivity index (χ4v) is 2.54. The van der Waals surface area contributed by atoms with Crippen LogP contribution in [0.3, 0.4) is 0 Å². The smallest absolute Gasteiger partial charge is 0.230 e. The van der Waals surface area contributed by atoms with Gasteiger partial charge in [0.25, 0.3) is 0 Å². The van der Waals surface area contributed by atoms with Crippen molar-refractivity contribution in [2.45, 2.75) is 62.9 Å². The van der Waals surface area contributed by atoms with Gasteiger partial charge in [-0.3, -0.25) is 4.79 Å². The summed E-state index contributed by atoms with van der Waals surface area (Å²) >= 11 is 0. The van der Waals surface area contributed by atoms with E-state index in [9.17, 15) is 4.79 Å². The van der Waals surface area contributed by atoms with E-state index in [1.165, 1.54) is 5.56 Å². The molecular weight excluding hydrogens is 248 g/mol. The van der Waals surface area contributed by atoms with Crippen LogP contribution in [0.15, 0.2) is 24.3 Å². The highest BCUT2D eigenvalue weighted by atomic mass is 16.2. The van der Waals surface area contributed by atoms with E-state index in [4.69, 9.17) is 5.73 Å². The monoisotopic (exact) mass is 272 g/mol. The highest BCUT2D eigenvalue weighted by molar-refractivity contribution is 5.87. The predicted octanol–water partition coefficient (Wildman–Crippen LogP) is 2.28. The van der Waals surface area contributed by atoms with Crippen LogP contribution in [0.2, 0.25) is 0 Å². The zero-order valence-electron chi connectivity index (χ0n) is 12.4. The lowest BCUT2D eigenvalue weighted by atomic mass is 9.82. The molecule has 20 heavy (non-hydrogen) atoms. The molecule has 3 heteroatoms. The van der Waals surface area contributed by atoms with Gasteiger partial charge in [-0.1, -0.05) is 24.3 Å². The molecule has 0 aromatic heterocycles. The molecule has 1 aromatic rings. The maximum atomic E-state index is 12.4. The van der Waals surface area contributed by atoms with Crippen LogP contribution in [0.25, 0.3) is 0 Å². The fourth-order valence-electron chi connectivity index (χ4n) is 2.54. The zero-order chi connectivity index (χ0) is 14.4. The molecule has 3 nitrogen and oxygen atoms in total. The van der Waals surface area contributed by atoms with Crippen molar-refractivity contribution < 1.29 is 4.79 Å². The second-order valence-electron chi connectivity index (χ2n) is 7.11. The minimum Gasteiger partial charge on any atom is -0.353 e. The largest absolute Gasteiger partial charge is 0.353 e. The van der Waals surface area contributed by atoms with E-state index in [0.29, 0.717) is 6.04 Å². The summed E-state index contributed by atoms with van der Waals surface area (Å²) in [5.41, 5.74) is 8.05. The number of nitrogens with two attached hydrogens (primary N) is 1. The molecule has 0 atom stereocenters. The summed E-state index contributed by atoms with van der Waals surface area (Å²) in [5, 5.41) is 3.11. The Morgan fingerprint density at radius 2 is 2.10 bits per heavy atom. The third-order valence-corrected chi connectivity index (χ3v) is 4.58. The molecule has 3 rings (SSSR count). The lowest BCUT2D eigenvalue weighted by molar-refractivity contribution is -0.125. The van der Waals surface area contributed by atoms with Gasteiger partial charge < -0.3 is 11.1 Å². The van der Waals surface area contributed by atoms with Gasteiger partial charge in [-0.05, 0) is 57.1 Å². The molecule has 0 radical (unpaired) electrons. The molecule has 0 heterocycles. The van der Waals surface area contributed by atoms with E-state index in [0.717, 1.165) is 37.7 Å². The summed E-state index contributed by atoms with van der Waals surface area (Å²) in [5.74, 6) is 0.131. The van der Waals surface area contributed by atoms with Gasteiger partial charge >= 0.3 is 0 Å². The Morgan fingerprint density at radius 3 is 2.70 bits per heavy atom. The van der Waals surface area contributed by atoms with Gasteiger partial charge in [-0.15, -0.1) is 0 Å². The first-order valence-corrected chi connectivity index (χ1v) is 7.58. The molecular formula is C17H24N2O. The summed E-state index contributed by atoms with van der Waals surface area (Å²) in [7, 11) is 0. The van der Waals surface area contributed by atoms with Crippen molar-refractivity contribution in [1.29, 1.82) is 0 Å². The number of benzene rings is 1. The Hall–Kier alpha value is -1.35. The molecule has 2 fully saturated rings. The van der Waals surface area contributed by atoms with Crippen molar-refractivity contribution >= 4 is 5.91 Å². The van der Waals surface area contributed by atoms with E-state index in [1.54, 1.807) is 0 Å². The van der Waals surface area contributed by atoms with E-state index < -0.39 is 5.41 Å². The SMILES string of the molecule is CC(C)(C(=O)NC1CC1)c1cccc(CC2(N)CC2)c1. The Bertz CT molecular complexity index is 528. The van der Waals surface area contributed by atoms with Crippen LogP contribution in [0.4, 0.5) is 0 Å². The van der Waals surface area contributed by atoms with Crippen molar-refractivity contribution in [3.8, 4) is 0 Å². The van der Waals surface area contributed by atoms with E-state index in [1.807, 2.05) is 26.0 Å². The lowest BCUT2D eigenvalue weighted by Crippen LogP contribution is -2.41. The van der Waals surface area contributed by atoms with Gasteiger partial charge in [-0.2, -0.15) is 0 Å². The average molecular weight is 272 g/mol. The van der Waals surface area contributed by atoms with Crippen LogP contribution in [-0.2, 0) is 16.6 Å². The van der Waals surface area contributed by atoms with E-state index in [-0.39, 0.29) is 11.4 Å². The van der Waals surface area contributed by atoms with Crippen LogP contribution in [0.1, 0.15) is 50.7 Å². The van der Waals surface area contributed by atoms with Crippen molar-refractivity contribution in [3.05, 3.63) is 35.4 Å². The van der Waals surface area contributed by atoms with Crippen LogP contribution < -0.4 is 11.1 Å². The highest BCUT2D eigenvalue weighted by Crippen LogP contribution is 2.36. The first-order valence-electron chi connectivity index (χ1n) is 7.58. The molecule has 0 unspecified atom stereocenters. The van der Waals surface area contributed by atoms with Gasteiger partial charge in [0.2, 0.25) is 5.91 Å². The maximum Gasteiger partial charge on any atom is 0.230 e. The molecule has 0 saturated heterocycles. The molecule has 108 valence electrons. The van der Waals surface area contributed by atoms with Gasteiger partial charge in [-0.25, -0.2) is 0 Å². The van der Waals surface area contributed by atoms with Gasteiger partial charge in [0, 0.05) is 11.6 Å². The second kappa shape index (κ2) is 4.59. The third kappa shape index (κ3) is 2.88. The summed E-state index contributed by atoms with van der Waals surface area (Å²) < 4.78 is 0. The quantitative estimate of drug-likeness (QED) is 0.864. The number of hydrogen-bond acceptors (Lipinski definition) is 2. The minimum atomic E-state index is -0.482. The molecule has 2 aliphatic carbocycles. The highest BCUT2D eigenvalue weighted by Gasteiger charge is 2.38. The standard InChI is InChI=1S/C17H24N2O/c1-16(2,15(20)19-14-6-7-14)13-5-3-4-12(10-13)11-17(18)8-9-17/h3-5,10,14H,6-9,11,18H2,1-2H3,(H,19,20). The molecule has 3 N–H and O–H groups in total. The third-order valence-electron chi connectivity index (χ3n) is 4.58. The van der Waals surface area contributed by atoms with Crippen LogP contribution in [0.5, 0.6) is 0 Å². The fraction of sp³-hybridized carbons (Fsp3) is 0.588.